The molecule has 0 fully saturated rings. The minimum absolute atomic E-state index is 0.118. The molecule has 0 aliphatic rings. The quantitative estimate of drug-likeness (QED) is 0.741. The summed E-state index contributed by atoms with van der Waals surface area (Å²) in [7, 11) is 0. The van der Waals surface area contributed by atoms with Crippen LogP contribution in [0, 0.1) is 19.7 Å². The summed E-state index contributed by atoms with van der Waals surface area (Å²) in [5, 5.41) is 13.0. The zero-order valence-electron chi connectivity index (χ0n) is 13.3. The SMILES string of the molecule is Cc1nnc(SCC(=O)NCCC(=O)Nc2ccc(F)c(C)c2)o1. The lowest BCUT2D eigenvalue weighted by atomic mass is 10.2. The van der Waals surface area contributed by atoms with E-state index in [-0.39, 0.29) is 36.4 Å². The van der Waals surface area contributed by atoms with E-state index in [1.165, 1.54) is 12.1 Å². The van der Waals surface area contributed by atoms with Gasteiger partial charge < -0.3 is 15.1 Å². The average molecular weight is 352 g/mol. The molecule has 1 aromatic heterocycles. The number of halogens is 1. The highest BCUT2D eigenvalue weighted by Crippen LogP contribution is 2.15. The van der Waals surface area contributed by atoms with Crippen molar-refractivity contribution in [1.29, 1.82) is 0 Å². The van der Waals surface area contributed by atoms with Crippen LogP contribution in [0.2, 0.25) is 0 Å². The van der Waals surface area contributed by atoms with Crippen molar-refractivity contribution in [2.75, 3.05) is 17.6 Å². The number of carbonyl (C=O) groups excluding carboxylic acids is 2. The van der Waals surface area contributed by atoms with E-state index in [0.717, 1.165) is 11.8 Å². The van der Waals surface area contributed by atoms with Crippen molar-refractivity contribution in [2.45, 2.75) is 25.5 Å². The summed E-state index contributed by atoms with van der Waals surface area (Å²) in [6.45, 7) is 3.49. The maximum Gasteiger partial charge on any atom is 0.277 e. The summed E-state index contributed by atoms with van der Waals surface area (Å²) in [6, 6.07) is 4.33. The number of nitrogens with zero attached hydrogens (tertiary/aromatic N) is 2. The number of nitrogens with one attached hydrogen (secondary N) is 2. The minimum Gasteiger partial charge on any atom is -0.416 e. The van der Waals surface area contributed by atoms with Gasteiger partial charge in [-0.1, -0.05) is 11.8 Å². The van der Waals surface area contributed by atoms with Gasteiger partial charge in [-0.15, -0.1) is 10.2 Å². The molecule has 0 bridgehead atoms. The van der Waals surface area contributed by atoms with Gasteiger partial charge in [-0.2, -0.15) is 0 Å². The standard InChI is InChI=1S/C15H17FN4O3S/c1-9-7-11(3-4-12(9)16)18-13(21)5-6-17-14(22)8-24-15-20-19-10(2)23-15/h3-4,7H,5-6,8H2,1-2H3,(H,17,22)(H,18,21). The van der Waals surface area contributed by atoms with E-state index < -0.39 is 0 Å². The molecule has 0 saturated heterocycles. The molecule has 0 aliphatic carbocycles. The number of thioether (sulfide) groups is 1. The van der Waals surface area contributed by atoms with Gasteiger partial charge in [0.25, 0.3) is 5.22 Å². The molecule has 7 nitrogen and oxygen atoms in total. The number of hydrogen-bond acceptors (Lipinski definition) is 6. The Morgan fingerprint density at radius 2 is 2.04 bits per heavy atom. The van der Waals surface area contributed by atoms with Crippen LogP contribution in [-0.4, -0.2) is 34.3 Å². The van der Waals surface area contributed by atoms with E-state index in [4.69, 9.17) is 4.42 Å². The molecule has 1 heterocycles. The fourth-order valence-electron chi connectivity index (χ4n) is 1.78. The molecule has 0 unspecified atom stereocenters. The van der Waals surface area contributed by atoms with Crippen LogP contribution in [0.4, 0.5) is 10.1 Å². The van der Waals surface area contributed by atoms with Gasteiger partial charge in [0, 0.05) is 25.6 Å². The maximum atomic E-state index is 13.1. The average Bonchev–Trinajstić information content (AvgIpc) is 2.94. The second kappa shape index (κ2) is 8.44. The molecule has 0 radical (unpaired) electrons. The summed E-state index contributed by atoms with van der Waals surface area (Å²) < 4.78 is 18.3. The molecule has 9 heteroatoms. The molecular formula is C15H17FN4O3S. The van der Waals surface area contributed by atoms with Crippen LogP contribution < -0.4 is 10.6 Å². The van der Waals surface area contributed by atoms with E-state index in [1.54, 1.807) is 19.9 Å². The summed E-state index contributed by atoms with van der Waals surface area (Å²) in [5.74, 6) is -0.261. The molecule has 0 saturated carbocycles. The minimum atomic E-state index is -0.325. The van der Waals surface area contributed by atoms with Gasteiger partial charge in [0.05, 0.1) is 5.75 Å². The molecule has 2 aromatic rings. The molecule has 24 heavy (non-hydrogen) atoms. The number of amides is 2. The van der Waals surface area contributed by atoms with Gasteiger partial charge >= 0.3 is 0 Å². The van der Waals surface area contributed by atoms with Gasteiger partial charge in [-0.3, -0.25) is 9.59 Å². The summed E-state index contributed by atoms with van der Waals surface area (Å²) in [4.78, 5) is 23.4. The predicted octanol–water partition coefficient (Wildman–Crippen LogP) is 2.06. The predicted molar refractivity (Wildman–Crippen MR) is 87.2 cm³/mol. The third kappa shape index (κ3) is 5.65. The first-order chi connectivity index (χ1) is 11.4. The zero-order chi connectivity index (χ0) is 17.5. The Bertz CT molecular complexity index is 735. The molecule has 2 amide bonds. The Hall–Kier alpha value is -2.42. The Morgan fingerprint density at radius 3 is 2.71 bits per heavy atom. The smallest absolute Gasteiger partial charge is 0.277 e. The molecule has 0 spiro atoms. The van der Waals surface area contributed by atoms with E-state index in [2.05, 4.69) is 20.8 Å². The van der Waals surface area contributed by atoms with Crippen LogP contribution in [0.3, 0.4) is 0 Å². The number of aromatic nitrogens is 2. The van der Waals surface area contributed by atoms with Crippen LogP contribution >= 0.6 is 11.8 Å². The Labute approximate surface area is 142 Å². The van der Waals surface area contributed by atoms with Crippen molar-refractivity contribution in [3.05, 3.63) is 35.5 Å². The Morgan fingerprint density at radius 1 is 1.25 bits per heavy atom. The van der Waals surface area contributed by atoms with Gasteiger partial charge in [0.15, 0.2) is 0 Å². The number of rotatable bonds is 7. The number of benzene rings is 1. The highest BCUT2D eigenvalue weighted by atomic mass is 32.2. The normalized spacial score (nSPS) is 10.5. The highest BCUT2D eigenvalue weighted by Gasteiger charge is 2.09. The van der Waals surface area contributed by atoms with Gasteiger partial charge in [-0.05, 0) is 30.7 Å². The van der Waals surface area contributed by atoms with Crippen LogP contribution in [-0.2, 0) is 9.59 Å². The topological polar surface area (TPSA) is 97.1 Å². The molecule has 0 atom stereocenters. The molecule has 128 valence electrons. The number of aryl methyl sites for hydroxylation is 2. The zero-order valence-corrected chi connectivity index (χ0v) is 14.1. The van der Waals surface area contributed by atoms with Crippen molar-refractivity contribution in [1.82, 2.24) is 15.5 Å². The van der Waals surface area contributed by atoms with Gasteiger partial charge in [0.1, 0.15) is 5.82 Å². The second-order valence-electron chi connectivity index (χ2n) is 4.99. The van der Waals surface area contributed by atoms with Crippen molar-refractivity contribution in [3.63, 3.8) is 0 Å². The fraction of sp³-hybridized carbons (Fsp3) is 0.333. The highest BCUT2D eigenvalue weighted by molar-refractivity contribution is 7.99. The van der Waals surface area contributed by atoms with E-state index >= 15 is 0 Å². The van der Waals surface area contributed by atoms with Crippen molar-refractivity contribution in [3.8, 4) is 0 Å². The number of hydrogen-bond donors (Lipinski definition) is 2. The largest absolute Gasteiger partial charge is 0.416 e. The van der Waals surface area contributed by atoms with Crippen LogP contribution in [0.25, 0.3) is 0 Å². The molecular weight excluding hydrogens is 335 g/mol. The fourth-order valence-corrected chi connectivity index (χ4v) is 2.41. The van der Waals surface area contributed by atoms with Crippen molar-refractivity contribution >= 4 is 29.3 Å². The van der Waals surface area contributed by atoms with E-state index in [1.807, 2.05) is 0 Å². The van der Waals surface area contributed by atoms with Crippen LogP contribution in [0.5, 0.6) is 0 Å². The maximum absolute atomic E-state index is 13.1. The second-order valence-corrected chi connectivity index (χ2v) is 5.91. The molecule has 1 aromatic carbocycles. The third-order valence-electron chi connectivity index (χ3n) is 2.95. The third-order valence-corrected chi connectivity index (χ3v) is 3.77. The van der Waals surface area contributed by atoms with Crippen molar-refractivity contribution < 1.29 is 18.4 Å². The Balaban J connectivity index is 1.66. The lowest BCUT2D eigenvalue weighted by Gasteiger charge is -2.07. The monoisotopic (exact) mass is 352 g/mol. The molecule has 2 rings (SSSR count). The lowest BCUT2D eigenvalue weighted by molar-refractivity contribution is -0.119. The van der Waals surface area contributed by atoms with Crippen LogP contribution in [0.1, 0.15) is 17.9 Å². The van der Waals surface area contributed by atoms with Gasteiger partial charge in [-0.25, -0.2) is 4.39 Å². The molecule has 0 aliphatic heterocycles. The van der Waals surface area contributed by atoms with Crippen LogP contribution in [0.15, 0.2) is 27.8 Å². The Kier molecular flexibility index (Phi) is 6.30. The number of carbonyl (C=O) groups is 2. The summed E-state index contributed by atoms with van der Waals surface area (Å²) in [6.07, 6.45) is 0.118. The van der Waals surface area contributed by atoms with Gasteiger partial charge in [0.2, 0.25) is 17.7 Å². The van der Waals surface area contributed by atoms with Crippen molar-refractivity contribution in [2.24, 2.45) is 0 Å². The van der Waals surface area contributed by atoms with E-state index in [0.29, 0.717) is 22.4 Å². The first-order valence-electron chi connectivity index (χ1n) is 7.19. The summed E-state index contributed by atoms with van der Waals surface area (Å²) in [5.41, 5.74) is 0.974. The number of anilines is 1. The molecule has 2 N–H and O–H groups in total. The first kappa shape index (κ1) is 17.9. The summed E-state index contributed by atoms with van der Waals surface area (Å²) >= 11 is 1.13. The first-order valence-corrected chi connectivity index (χ1v) is 8.18. The lowest BCUT2D eigenvalue weighted by Crippen LogP contribution is -2.29. The van der Waals surface area contributed by atoms with E-state index in [9.17, 15) is 14.0 Å².